The SMILES string of the molecule is COC(C)(C)CCC1(N)CCc2ccccc21. The normalized spacial score (nSPS) is 23.8. The van der Waals surface area contributed by atoms with E-state index < -0.39 is 0 Å². The highest BCUT2D eigenvalue weighted by Crippen LogP contribution is 2.39. The summed E-state index contributed by atoms with van der Waals surface area (Å²) < 4.78 is 5.47. The Bertz CT molecular complexity index is 400. The monoisotopic (exact) mass is 233 g/mol. The topological polar surface area (TPSA) is 35.2 Å². The van der Waals surface area contributed by atoms with E-state index >= 15 is 0 Å². The summed E-state index contributed by atoms with van der Waals surface area (Å²) >= 11 is 0. The first-order valence-electron chi connectivity index (χ1n) is 6.39. The Balaban J connectivity index is 2.12. The number of nitrogens with two attached hydrogens (primary N) is 1. The first-order chi connectivity index (χ1) is 7.97. The summed E-state index contributed by atoms with van der Waals surface area (Å²) in [5.74, 6) is 0. The van der Waals surface area contributed by atoms with Gasteiger partial charge in [0.05, 0.1) is 5.60 Å². The van der Waals surface area contributed by atoms with E-state index in [4.69, 9.17) is 10.5 Å². The molecule has 0 amide bonds. The lowest BCUT2D eigenvalue weighted by Crippen LogP contribution is -2.37. The summed E-state index contributed by atoms with van der Waals surface area (Å²) in [6.07, 6.45) is 4.16. The molecule has 0 fully saturated rings. The average Bonchev–Trinajstić information content (AvgIpc) is 2.67. The molecule has 0 aliphatic heterocycles. The van der Waals surface area contributed by atoms with Crippen molar-refractivity contribution in [1.82, 2.24) is 0 Å². The minimum absolute atomic E-state index is 0.0795. The number of fused-ring (bicyclic) bond motifs is 1. The number of rotatable bonds is 4. The van der Waals surface area contributed by atoms with Crippen molar-refractivity contribution in [3.63, 3.8) is 0 Å². The Hall–Kier alpha value is -0.860. The molecule has 0 spiro atoms. The number of ether oxygens (including phenoxy) is 1. The Morgan fingerprint density at radius 3 is 2.76 bits per heavy atom. The maximum Gasteiger partial charge on any atom is 0.0623 e. The van der Waals surface area contributed by atoms with Gasteiger partial charge in [-0.3, -0.25) is 0 Å². The van der Waals surface area contributed by atoms with E-state index in [1.807, 2.05) is 0 Å². The second-order valence-electron chi connectivity index (χ2n) is 5.78. The molecule has 1 unspecified atom stereocenters. The number of aryl methyl sites for hydroxylation is 1. The van der Waals surface area contributed by atoms with Crippen LogP contribution in [0.25, 0.3) is 0 Å². The van der Waals surface area contributed by atoms with Crippen molar-refractivity contribution in [2.75, 3.05) is 7.11 Å². The average molecular weight is 233 g/mol. The van der Waals surface area contributed by atoms with Gasteiger partial charge in [-0.15, -0.1) is 0 Å². The van der Waals surface area contributed by atoms with Crippen molar-refractivity contribution in [2.24, 2.45) is 5.73 Å². The minimum atomic E-state index is -0.146. The maximum atomic E-state index is 6.58. The van der Waals surface area contributed by atoms with Gasteiger partial charge in [-0.1, -0.05) is 24.3 Å². The van der Waals surface area contributed by atoms with Crippen LogP contribution in [-0.4, -0.2) is 12.7 Å². The molecule has 2 N–H and O–H groups in total. The molecular weight excluding hydrogens is 210 g/mol. The predicted octanol–water partition coefficient (Wildman–Crippen LogP) is 2.99. The number of benzene rings is 1. The van der Waals surface area contributed by atoms with Gasteiger partial charge in [0.15, 0.2) is 0 Å². The zero-order chi connectivity index (χ0) is 12.5. The van der Waals surface area contributed by atoms with Crippen molar-refractivity contribution in [2.45, 2.75) is 50.7 Å². The van der Waals surface area contributed by atoms with Crippen LogP contribution in [0.1, 0.15) is 44.2 Å². The Morgan fingerprint density at radius 1 is 1.35 bits per heavy atom. The second kappa shape index (κ2) is 4.43. The smallest absolute Gasteiger partial charge is 0.0623 e. The molecular formula is C15H23NO. The van der Waals surface area contributed by atoms with Crippen LogP contribution in [-0.2, 0) is 16.7 Å². The fraction of sp³-hybridized carbons (Fsp3) is 0.600. The molecule has 0 aromatic heterocycles. The minimum Gasteiger partial charge on any atom is -0.379 e. The third kappa shape index (κ3) is 2.53. The van der Waals surface area contributed by atoms with Crippen molar-refractivity contribution in [1.29, 1.82) is 0 Å². The van der Waals surface area contributed by atoms with Crippen LogP contribution >= 0.6 is 0 Å². The molecule has 1 aromatic carbocycles. The van der Waals surface area contributed by atoms with Crippen LogP contribution in [0.5, 0.6) is 0 Å². The van der Waals surface area contributed by atoms with Crippen LogP contribution in [0.15, 0.2) is 24.3 Å². The van der Waals surface area contributed by atoms with Crippen LogP contribution in [0.2, 0.25) is 0 Å². The van der Waals surface area contributed by atoms with E-state index in [0.717, 1.165) is 25.7 Å². The third-order valence-electron chi connectivity index (χ3n) is 4.12. The van der Waals surface area contributed by atoms with Crippen molar-refractivity contribution >= 4 is 0 Å². The van der Waals surface area contributed by atoms with Gasteiger partial charge in [0.25, 0.3) is 0 Å². The van der Waals surface area contributed by atoms with Gasteiger partial charge in [0.2, 0.25) is 0 Å². The van der Waals surface area contributed by atoms with E-state index in [-0.39, 0.29) is 11.1 Å². The van der Waals surface area contributed by atoms with Gasteiger partial charge in [0, 0.05) is 12.6 Å². The van der Waals surface area contributed by atoms with Crippen molar-refractivity contribution in [3.05, 3.63) is 35.4 Å². The molecule has 0 saturated carbocycles. The molecule has 0 saturated heterocycles. The number of hydrogen-bond donors (Lipinski definition) is 1. The lowest BCUT2D eigenvalue weighted by atomic mass is 9.84. The molecule has 2 heteroatoms. The highest BCUT2D eigenvalue weighted by Gasteiger charge is 2.35. The Morgan fingerprint density at radius 2 is 2.06 bits per heavy atom. The van der Waals surface area contributed by atoms with E-state index in [1.54, 1.807) is 7.11 Å². The van der Waals surface area contributed by atoms with Gasteiger partial charge in [-0.05, 0) is 50.7 Å². The molecule has 2 rings (SSSR count). The molecule has 0 radical (unpaired) electrons. The largest absolute Gasteiger partial charge is 0.379 e. The number of hydrogen-bond acceptors (Lipinski definition) is 2. The summed E-state index contributed by atoms with van der Waals surface area (Å²) in [4.78, 5) is 0. The summed E-state index contributed by atoms with van der Waals surface area (Å²) in [5.41, 5.74) is 9.11. The van der Waals surface area contributed by atoms with Gasteiger partial charge < -0.3 is 10.5 Å². The second-order valence-corrected chi connectivity index (χ2v) is 5.78. The van der Waals surface area contributed by atoms with Gasteiger partial charge in [-0.25, -0.2) is 0 Å². The van der Waals surface area contributed by atoms with Gasteiger partial charge in [0.1, 0.15) is 0 Å². The predicted molar refractivity (Wildman–Crippen MR) is 71.0 cm³/mol. The first-order valence-corrected chi connectivity index (χ1v) is 6.39. The number of methoxy groups -OCH3 is 1. The molecule has 1 atom stereocenters. The van der Waals surface area contributed by atoms with Crippen molar-refractivity contribution < 1.29 is 4.74 Å². The Kier molecular flexibility index (Phi) is 3.28. The third-order valence-corrected chi connectivity index (χ3v) is 4.12. The van der Waals surface area contributed by atoms with Gasteiger partial charge in [-0.2, -0.15) is 0 Å². The van der Waals surface area contributed by atoms with Crippen LogP contribution < -0.4 is 5.73 Å². The van der Waals surface area contributed by atoms with Gasteiger partial charge >= 0.3 is 0 Å². The van der Waals surface area contributed by atoms with E-state index in [2.05, 4.69) is 38.1 Å². The fourth-order valence-electron chi connectivity index (χ4n) is 2.60. The molecule has 94 valence electrons. The maximum absolute atomic E-state index is 6.58. The molecule has 1 aromatic rings. The highest BCUT2D eigenvalue weighted by molar-refractivity contribution is 5.38. The summed E-state index contributed by atoms with van der Waals surface area (Å²) in [6, 6.07) is 8.57. The van der Waals surface area contributed by atoms with Crippen molar-refractivity contribution in [3.8, 4) is 0 Å². The summed E-state index contributed by atoms with van der Waals surface area (Å²) in [7, 11) is 1.77. The molecule has 17 heavy (non-hydrogen) atoms. The van der Waals surface area contributed by atoms with E-state index in [0.29, 0.717) is 0 Å². The summed E-state index contributed by atoms with van der Waals surface area (Å²) in [5, 5.41) is 0. The van der Waals surface area contributed by atoms with Crippen LogP contribution in [0.3, 0.4) is 0 Å². The van der Waals surface area contributed by atoms with Crippen LogP contribution in [0, 0.1) is 0 Å². The Labute approximate surface area is 104 Å². The van der Waals surface area contributed by atoms with Crippen LogP contribution in [0.4, 0.5) is 0 Å². The van der Waals surface area contributed by atoms with E-state index in [9.17, 15) is 0 Å². The molecule has 0 bridgehead atoms. The summed E-state index contributed by atoms with van der Waals surface area (Å²) in [6.45, 7) is 4.24. The van der Waals surface area contributed by atoms with E-state index in [1.165, 1.54) is 11.1 Å². The zero-order valence-corrected chi connectivity index (χ0v) is 11.1. The first kappa shape index (κ1) is 12.6. The molecule has 1 aliphatic rings. The quantitative estimate of drug-likeness (QED) is 0.867. The lowest BCUT2D eigenvalue weighted by Gasteiger charge is -2.31. The standard InChI is InChI=1S/C15H23NO/c1-14(2,17-3)10-11-15(16)9-8-12-6-4-5-7-13(12)15/h4-7H,8-11,16H2,1-3H3. The molecule has 1 aliphatic carbocycles. The lowest BCUT2D eigenvalue weighted by molar-refractivity contribution is 0.00867. The molecule has 0 heterocycles. The zero-order valence-electron chi connectivity index (χ0n) is 11.1. The fourth-order valence-corrected chi connectivity index (χ4v) is 2.60. The highest BCUT2D eigenvalue weighted by atomic mass is 16.5. The molecule has 2 nitrogen and oxygen atoms in total.